The normalized spacial score (nSPS) is 8.55. The van der Waals surface area contributed by atoms with E-state index in [1.165, 1.54) is 10.8 Å². The molecule has 0 heterocycles. The SMILES string of the molecule is C[Si](C)O[Si].C[Si](C)O[Si].[Cl-].[Cl-].[Zr+3].c1ccc2[cH-]ccc2c1. The van der Waals surface area contributed by atoms with Gasteiger partial charge in [0, 0.05) is 0 Å². The Kier molecular flexibility index (Phi) is 28.3. The first kappa shape index (κ1) is 30.9. The van der Waals surface area contributed by atoms with E-state index < -0.39 is 18.1 Å². The molecule has 0 spiro atoms. The zero-order valence-electron chi connectivity index (χ0n) is 13.1. The van der Waals surface area contributed by atoms with E-state index in [0.717, 1.165) is 0 Å². The van der Waals surface area contributed by atoms with Gasteiger partial charge in [0.2, 0.25) is 21.0 Å². The molecule has 2 aromatic carbocycles. The van der Waals surface area contributed by atoms with Crippen LogP contribution in [0.5, 0.6) is 0 Å². The summed E-state index contributed by atoms with van der Waals surface area (Å²) < 4.78 is 9.31. The van der Waals surface area contributed by atoms with Gasteiger partial charge in [-0.1, -0.05) is 6.07 Å². The molecular weight excluding hydrogens is 463 g/mol. The van der Waals surface area contributed by atoms with Gasteiger partial charge in [-0.2, -0.15) is 17.5 Å². The predicted octanol–water partition coefficient (Wildman–Crippen LogP) is -2.76. The second-order valence-electron chi connectivity index (χ2n) is 4.18. The summed E-state index contributed by atoms with van der Waals surface area (Å²) in [5, 5.41) is 2.66. The number of halogens is 2. The molecular formula is C13H19Cl2O2Si4Zr. The molecule has 0 fully saturated rings. The Morgan fingerprint density at radius 2 is 1.27 bits per heavy atom. The number of benzene rings is 1. The first-order valence-corrected chi connectivity index (χ1v) is 11.5. The molecule has 2 nitrogen and oxygen atoms in total. The molecule has 0 unspecified atom stereocenters. The molecule has 0 amide bonds. The standard InChI is InChI=1S/C9H7.2C2H6OSi2.2ClH.Zr/c1-2-5-9-7-3-6-8(9)4-1;2*1-5(2)3-4;;;/h1-7H;2*1-2H3;2*1H;/q-1;;;;;+3/p-2. The van der Waals surface area contributed by atoms with Gasteiger partial charge >= 0.3 is 26.2 Å². The van der Waals surface area contributed by atoms with E-state index in [4.69, 9.17) is 0 Å². The molecule has 0 saturated heterocycles. The van der Waals surface area contributed by atoms with Crippen LogP contribution in [0.2, 0.25) is 26.2 Å². The molecule has 9 heteroatoms. The van der Waals surface area contributed by atoms with E-state index in [9.17, 15) is 0 Å². The maximum absolute atomic E-state index is 4.66. The van der Waals surface area contributed by atoms with Crippen LogP contribution in [-0.4, -0.2) is 39.1 Å². The average Bonchev–Trinajstić information content (AvgIpc) is 2.88. The van der Waals surface area contributed by atoms with Crippen LogP contribution in [0.1, 0.15) is 0 Å². The maximum Gasteiger partial charge on any atom is 3.00 e. The molecule has 2 rings (SSSR count). The van der Waals surface area contributed by atoms with E-state index >= 15 is 0 Å². The monoisotopic (exact) mass is 479 g/mol. The molecule has 22 heavy (non-hydrogen) atoms. The molecule has 0 aliphatic heterocycles. The molecule has 0 saturated carbocycles. The van der Waals surface area contributed by atoms with E-state index in [1.807, 2.05) is 0 Å². The second kappa shape index (κ2) is 20.1. The van der Waals surface area contributed by atoms with Crippen molar-refractivity contribution in [2.75, 3.05) is 0 Å². The Hall–Kier alpha value is 1.08. The van der Waals surface area contributed by atoms with Gasteiger partial charge in [-0.25, -0.2) is 0 Å². The summed E-state index contributed by atoms with van der Waals surface area (Å²) in [6, 6.07) is 14.7. The fraction of sp³-hybridized carbons (Fsp3) is 0.308. The van der Waals surface area contributed by atoms with Crippen molar-refractivity contribution in [3.8, 4) is 0 Å². The summed E-state index contributed by atoms with van der Waals surface area (Å²) in [5.41, 5.74) is 0. The topological polar surface area (TPSA) is 18.5 Å². The smallest absolute Gasteiger partial charge is 1.00 e. The summed E-state index contributed by atoms with van der Waals surface area (Å²) in [6.07, 6.45) is 0. The van der Waals surface area contributed by atoms with Crippen molar-refractivity contribution in [1.82, 2.24) is 0 Å². The van der Waals surface area contributed by atoms with Gasteiger partial charge in [-0.05, 0) is 26.2 Å². The van der Waals surface area contributed by atoms with Crippen LogP contribution in [-0.2, 0) is 34.4 Å². The van der Waals surface area contributed by atoms with Crippen molar-refractivity contribution in [2.45, 2.75) is 26.2 Å². The number of hydrogen-bond acceptors (Lipinski definition) is 2. The van der Waals surface area contributed by atoms with Gasteiger partial charge in [0.1, 0.15) is 0 Å². The zero-order valence-corrected chi connectivity index (χ0v) is 21.1. The summed E-state index contributed by atoms with van der Waals surface area (Å²) in [7, 11) is 4.88. The maximum atomic E-state index is 4.66. The Morgan fingerprint density at radius 1 is 0.864 bits per heavy atom. The van der Waals surface area contributed by atoms with Crippen LogP contribution in [0, 0.1) is 0 Å². The Labute approximate surface area is 176 Å². The summed E-state index contributed by atoms with van der Waals surface area (Å²) in [6.45, 7) is 8.21. The molecule has 9 radical (unpaired) electrons. The van der Waals surface area contributed by atoms with Crippen LogP contribution in [0.4, 0.5) is 0 Å². The molecule has 0 aliphatic rings. The minimum absolute atomic E-state index is 0. The van der Waals surface area contributed by atoms with E-state index in [2.05, 4.69) is 97.9 Å². The number of hydrogen-bond donors (Lipinski definition) is 0. The van der Waals surface area contributed by atoms with E-state index in [0.29, 0.717) is 0 Å². The second-order valence-corrected chi connectivity index (χ2v) is 9.44. The van der Waals surface area contributed by atoms with Gasteiger partial charge in [0.25, 0.3) is 0 Å². The third-order valence-corrected chi connectivity index (χ3v) is 5.22. The van der Waals surface area contributed by atoms with Gasteiger partial charge in [0.05, 0.1) is 0 Å². The van der Waals surface area contributed by atoms with Gasteiger partial charge in [0.15, 0.2) is 18.1 Å². The quantitative estimate of drug-likeness (QED) is 0.342. The number of rotatable bonds is 2. The minimum atomic E-state index is -0.460. The molecule has 0 aliphatic carbocycles. The fourth-order valence-corrected chi connectivity index (χ4v) is 1.07. The van der Waals surface area contributed by atoms with Crippen molar-refractivity contribution in [3.05, 3.63) is 42.5 Å². The first-order chi connectivity index (χ1) is 9.01. The van der Waals surface area contributed by atoms with Crippen LogP contribution in [0.3, 0.4) is 0 Å². The van der Waals surface area contributed by atoms with E-state index in [-0.39, 0.29) is 51.0 Å². The largest absolute Gasteiger partial charge is 3.00 e. The Balaban J connectivity index is -0.000000112. The van der Waals surface area contributed by atoms with Crippen LogP contribution in [0.25, 0.3) is 10.8 Å². The van der Waals surface area contributed by atoms with Crippen LogP contribution >= 0.6 is 0 Å². The van der Waals surface area contributed by atoms with Crippen molar-refractivity contribution in [2.24, 2.45) is 0 Å². The molecule has 0 bridgehead atoms. The van der Waals surface area contributed by atoms with Crippen LogP contribution < -0.4 is 24.8 Å². The third-order valence-electron chi connectivity index (χ3n) is 1.96. The molecule has 0 aromatic heterocycles. The van der Waals surface area contributed by atoms with Gasteiger partial charge in [-0.15, -0.1) is 29.7 Å². The molecule has 117 valence electrons. The Morgan fingerprint density at radius 3 is 1.64 bits per heavy atom. The molecule has 2 aromatic rings. The predicted molar refractivity (Wildman–Crippen MR) is 88.2 cm³/mol. The number of fused-ring (bicyclic) bond motifs is 1. The summed E-state index contributed by atoms with van der Waals surface area (Å²) in [4.78, 5) is 0. The molecule has 0 N–H and O–H groups in total. The van der Waals surface area contributed by atoms with Crippen molar-refractivity contribution < 1.29 is 59.2 Å². The first-order valence-electron chi connectivity index (χ1n) is 5.89. The fourth-order valence-electron chi connectivity index (χ4n) is 1.07. The van der Waals surface area contributed by atoms with Crippen LogP contribution in [0.15, 0.2) is 42.5 Å². The molecule has 0 atom stereocenters. The minimum Gasteiger partial charge on any atom is -1.00 e. The van der Waals surface area contributed by atoms with E-state index in [1.54, 1.807) is 0 Å². The average molecular weight is 482 g/mol. The van der Waals surface area contributed by atoms with Gasteiger partial charge < -0.3 is 33.0 Å². The Bertz CT molecular complexity index is 406. The summed E-state index contributed by atoms with van der Waals surface area (Å²) in [5.74, 6) is 0. The third kappa shape index (κ3) is 17.4. The van der Waals surface area contributed by atoms with Crippen molar-refractivity contribution in [3.63, 3.8) is 0 Å². The van der Waals surface area contributed by atoms with Gasteiger partial charge in [-0.3, -0.25) is 0 Å². The summed E-state index contributed by atoms with van der Waals surface area (Å²) >= 11 is 0. The zero-order chi connectivity index (χ0) is 14.7. The van der Waals surface area contributed by atoms with Crippen molar-refractivity contribution in [1.29, 1.82) is 0 Å². The van der Waals surface area contributed by atoms with Crippen molar-refractivity contribution >= 4 is 49.8 Å².